The molecule has 0 aromatic carbocycles. The van der Waals surface area contributed by atoms with Gasteiger partial charge in [0.15, 0.2) is 12.2 Å². The van der Waals surface area contributed by atoms with Crippen LogP contribution in [-0.2, 0) is 65.4 Å². The van der Waals surface area contributed by atoms with E-state index in [2.05, 4.69) is 52.0 Å². The smallest absolute Gasteiger partial charge is 0.462 e. The van der Waals surface area contributed by atoms with Crippen LogP contribution < -0.4 is 0 Å². The molecular weight excluding hydrogens is 1280 g/mol. The van der Waals surface area contributed by atoms with E-state index in [4.69, 9.17) is 37.0 Å². The van der Waals surface area contributed by atoms with Gasteiger partial charge in [-0.05, 0) is 51.4 Å². The Bertz CT molecular complexity index is 1950. The van der Waals surface area contributed by atoms with E-state index in [9.17, 15) is 43.2 Å². The van der Waals surface area contributed by atoms with E-state index >= 15 is 0 Å². The molecule has 3 N–H and O–H groups in total. The Kier molecular flexibility index (Phi) is 71.0. The van der Waals surface area contributed by atoms with Gasteiger partial charge in [-0.15, -0.1) is 0 Å². The molecule has 0 aliphatic carbocycles. The number of ether oxygens (including phenoxy) is 4. The van der Waals surface area contributed by atoms with Crippen LogP contribution in [-0.4, -0.2) is 96.7 Å². The molecule has 0 aliphatic rings. The number of unbranched alkanes of at least 4 members (excludes halogenated alkanes) is 49. The summed E-state index contributed by atoms with van der Waals surface area (Å²) in [6.07, 6.45) is 67.3. The molecule has 0 radical (unpaired) electrons. The number of allylic oxidation sites excluding steroid dienone is 4. The van der Waals surface area contributed by atoms with Crippen molar-refractivity contribution in [2.75, 3.05) is 39.6 Å². The molecule has 0 bridgehead atoms. The van der Waals surface area contributed by atoms with Crippen molar-refractivity contribution in [3.8, 4) is 0 Å². The Labute approximate surface area is 599 Å². The van der Waals surface area contributed by atoms with Gasteiger partial charge in [0.1, 0.15) is 19.3 Å². The van der Waals surface area contributed by atoms with Crippen LogP contribution >= 0.6 is 15.6 Å². The summed E-state index contributed by atoms with van der Waals surface area (Å²) in [5.41, 5.74) is 0. The van der Waals surface area contributed by atoms with Crippen molar-refractivity contribution in [1.82, 2.24) is 0 Å². The molecule has 5 atom stereocenters. The van der Waals surface area contributed by atoms with Crippen molar-refractivity contribution in [2.45, 2.75) is 418 Å². The summed E-state index contributed by atoms with van der Waals surface area (Å²) >= 11 is 0. The second-order valence-electron chi connectivity index (χ2n) is 27.8. The van der Waals surface area contributed by atoms with E-state index in [0.29, 0.717) is 25.7 Å². The van der Waals surface area contributed by atoms with Crippen LogP contribution in [0.3, 0.4) is 0 Å². The van der Waals surface area contributed by atoms with Crippen LogP contribution in [0.15, 0.2) is 24.3 Å². The van der Waals surface area contributed by atoms with Crippen LogP contribution in [0, 0.1) is 0 Å². The highest BCUT2D eigenvalue weighted by molar-refractivity contribution is 7.47. The normalized spacial score (nSPS) is 14.0. The Morgan fingerprint density at radius 3 is 0.745 bits per heavy atom. The number of phosphoric acid groups is 2. The fourth-order valence-corrected chi connectivity index (χ4v) is 13.3. The fourth-order valence-electron chi connectivity index (χ4n) is 11.7. The summed E-state index contributed by atoms with van der Waals surface area (Å²) in [5.74, 6) is -2.14. The molecule has 0 rings (SSSR count). The molecule has 0 amide bonds. The molecule has 17 nitrogen and oxygen atoms in total. The lowest BCUT2D eigenvalue weighted by atomic mass is 10.0. The van der Waals surface area contributed by atoms with Crippen molar-refractivity contribution >= 4 is 39.5 Å². The molecule has 2 unspecified atom stereocenters. The number of carbonyl (C=O) groups is 4. The zero-order chi connectivity index (χ0) is 71.8. The van der Waals surface area contributed by atoms with Gasteiger partial charge in [0.05, 0.1) is 26.4 Å². The molecule has 0 aliphatic heterocycles. The third-order valence-electron chi connectivity index (χ3n) is 18.0. The first-order valence-electron chi connectivity index (χ1n) is 40.6. The molecule has 0 spiro atoms. The highest BCUT2D eigenvalue weighted by Crippen LogP contribution is 2.45. The van der Waals surface area contributed by atoms with Crippen molar-refractivity contribution in [3.05, 3.63) is 24.3 Å². The second-order valence-corrected chi connectivity index (χ2v) is 30.7. The van der Waals surface area contributed by atoms with Gasteiger partial charge in [0.2, 0.25) is 0 Å². The summed E-state index contributed by atoms with van der Waals surface area (Å²) in [6, 6.07) is 0. The quantitative estimate of drug-likeness (QED) is 0.0169. The first-order chi connectivity index (χ1) is 47.7. The van der Waals surface area contributed by atoms with Crippen LogP contribution in [0.4, 0.5) is 0 Å². The number of aliphatic hydroxyl groups excluding tert-OH is 1. The molecular formula is C79H150O17P2. The standard InChI is InChI=1S/C79H150O17P2/c1-5-9-13-17-21-25-28-31-34-36-39-41-44-48-52-56-60-64-77(82)90-70-75(96-79(84)66-62-58-54-50-46-43-40-37-35-32-29-26-22-18-14-10-6-2)72-94-98(87,88)92-68-73(80)67-91-97(85,86)93-71-74(69-89-76(81)63-59-55-51-47-24-20-16-12-8-4)95-78(83)65-61-57-53-49-45-42-38-33-30-27-23-19-15-11-7-3/h27,30,33,38,73-75,80H,5-26,28-29,31-32,34-37,39-72H2,1-4H3,(H,85,86)(H,87,88)/b30-27-,38-33-/t73-,74+,75+/m0/s1. The van der Waals surface area contributed by atoms with E-state index in [1.165, 1.54) is 218 Å². The predicted octanol–water partition coefficient (Wildman–Crippen LogP) is 23.3. The summed E-state index contributed by atoms with van der Waals surface area (Å²) in [6.45, 7) is 4.93. The first-order valence-corrected chi connectivity index (χ1v) is 43.6. The Morgan fingerprint density at radius 1 is 0.286 bits per heavy atom. The van der Waals surface area contributed by atoms with Crippen molar-refractivity contribution < 1.29 is 80.2 Å². The maximum Gasteiger partial charge on any atom is 0.472 e. The van der Waals surface area contributed by atoms with Gasteiger partial charge >= 0.3 is 39.5 Å². The van der Waals surface area contributed by atoms with E-state index in [1.807, 2.05) is 0 Å². The number of hydrogen-bond acceptors (Lipinski definition) is 15. The lowest BCUT2D eigenvalue weighted by Crippen LogP contribution is -2.30. The van der Waals surface area contributed by atoms with Gasteiger partial charge < -0.3 is 33.8 Å². The van der Waals surface area contributed by atoms with Crippen molar-refractivity contribution in [3.63, 3.8) is 0 Å². The van der Waals surface area contributed by atoms with Gasteiger partial charge in [0, 0.05) is 25.7 Å². The molecule has 0 heterocycles. The molecule has 98 heavy (non-hydrogen) atoms. The summed E-state index contributed by atoms with van der Waals surface area (Å²) in [7, 11) is -9.92. The Hall–Kier alpha value is -2.46. The van der Waals surface area contributed by atoms with Gasteiger partial charge in [0.25, 0.3) is 0 Å². The number of phosphoric ester groups is 2. The average molecular weight is 1430 g/mol. The topological polar surface area (TPSA) is 237 Å². The lowest BCUT2D eigenvalue weighted by molar-refractivity contribution is -0.161. The van der Waals surface area contributed by atoms with Crippen molar-refractivity contribution in [2.24, 2.45) is 0 Å². The van der Waals surface area contributed by atoms with E-state index in [1.54, 1.807) is 0 Å². The van der Waals surface area contributed by atoms with Gasteiger partial charge in [-0.3, -0.25) is 37.3 Å². The minimum Gasteiger partial charge on any atom is -0.462 e. The summed E-state index contributed by atoms with van der Waals surface area (Å²) < 4.78 is 68.6. The van der Waals surface area contributed by atoms with Crippen LogP contribution in [0.5, 0.6) is 0 Å². The molecule has 0 aromatic heterocycles. The number of aliphatic hydroxyl groups is 1. The molecule has 0 saturated heterocycles. The maximum absolute atomic E-state index is 13.1. The first kappa shape index (κ1) is 95.5. The molecule has 19 heteroatoms. The number of hydrogen-bond donors (Lipinski definition) is 3. The summed E-state index contributed by atoms with van der Waals surface area (Å²) in [4.78, 5) is 72.9. The van der Waals surface area contributed by atoms with Crippen LogP contribution in [0.1, 0.15) is 400 Å². The van der Waals surface area contributed by atoms with Gasteiger partial charge in [-0.2, -0.15) is 0 Å². The van der Waals surface area contributed by atoms with Gasteiger partial charge in [-0.25, -0.2) is 9.13 Å². The highest BCUT2D eigenvalue weighted by atomic mass is 31.2. The highest BCUT2D eigenvalue weighted by Gasteiger charge is 2.30. The van der Waals surface area contributed by atoms with Crippen LogP contribution in [0.2, 0.25) is 0 Å². The third kappa shape index (κ3) is 71.9. The monoisotopic (exact) mass is 1430 g/mol. The van der Waals surface area contributed by atoms with E-state index < -0.39 is 97.5 Å². The molecule has 0 saturated carbocycles. The van der Waals surface area contributed by atoms with E-state index in [-0.39, 0.29) is 25.7 Å². The Morgan fingerprint density at radius 2 is 0.490 bits per heavy atom. The largest absolute Gasteiger partial charge is 0.472 e. The SMILES string of the molecule is CCCCCC/C=C\C=C/CCCCCCCC(=O)O[C@H](COC(=O)CCCCCCCCCCC)COP(=O)(O)OC[C@H](O)COP(=O)(O)OC[C@@H](COC(=O)CCCCCCCCCCCCCCCCCCC)OC(=O)CCCCCCCCCCCCCCCCCCC. The van der Waals surface area contributed by atoms with Crippen molar-refractivity contribution in [1.29, 1.82) is 0 Å². The number of rotatable bonds is 78. The Balaban J connectivity index is 5.25. The predicted molar refractivity (Wildman–Crippen MR) is 400 cm³/mol. The molecule has 0 fully saturated rings. The average Bonchev–Trinajstić information content (AvgIpc) is 1.28. The van der Waals surface area contributed by atoms with E-state index in [0.717, 1.165) is 103 Å². The number of carbonyl (C=O) groups excluding carboxylic acids is 4. The second kappa shape index (κ2) is 72.9. The minimum atomic E-state index is -4.96. The molecule has 578 valence electrons. The number of esters is 4. The zero-order valence-corrected chi connectivity index (χ0v) is 65.0. The fraction of sp³-hybridized carbons (Fsp3) is 0.899. The zero-order valence-electron chi connectivity index (χ0n) is 63.2. The molecule has 0 aromatic rings. The van der Waals surface area contributed by atoms with Gasteiger partial charge in [-0.1, -0.05) is 347 Å². The summed E-state index contributed by atoms with van der Waals surface area (Å²) in [5, 5.41) is 10.6. The maximum atomic E-state index is 13.1. The van der Waals surface area contributed by atoms with Crippen LogP contribution in [0.25, 0.3) is 0 Å². The lowest BCUT2D eigenvalue weighted by Gasteiger charge is -2.21. The third-order valence-corrected chi connectivity index (χ3v) is 19.9. The minimum absolute atomic E-state index is 0.0856.